The van der Waals surface area contributed by atoms with Gasteiger partial charge in [0.25, 0.3) is 0 Å². The molecule has 0 bridgehead atoms. The fourth-order valence-electron chi connectivity index (χ4n) is 6.66. The number of benzene rings is 6. The molecule has 1 aromatic heterocycles. The number of hydrogen-bond acceptors (Lipinski definition) is 4. The predicted molar refractivity (Wildman–Crippen MR) is 198 cm³/mol. The number of hydrogen-bond donors (Lipinski definition) is 1. The standard InChI is InChI=1S/C42H41O4P/c1-25-21-31(37-29-15-11-9-13-27(29)17-19-35(37)43)39(33(23-25)41(3,4)5)45-47-44-36-20-18-28-14-10-12-16-30(28)38(36)32-22-26(2)24-34(40(32)46-47)42(6,7)8/h9-24,43H,1-8H3. The normalized spacial score (nSPS) is 12.7. The van der Waals surface area contributed by atoms with Crippen LogP contribution in [0.25, 0.3) is 54.6 Å². The van der Waals surface area contributed by atoms with Crippen LogP contribution in [0.2, 0.25) is 0 Å². The number of phenolic OH excluding ortho intramolecular Hbond substituents is 1. The van der Waals surface area contributed by atoms with Crippen LogP contribution in [-0.4, -0.2) is 5.11 Å². The zero-order chi connectivity index (χ0) is 33.2. The smallest absolute Gasteiger partial charge is 0.453 e. The van der Waals surface area contributed by atoms with Crippen LogP contribution in [0.1, 0.15) is 63.8 Å². The summed E-state index contributed by atoms with van der Waals surface area (Å²) in [6.45, 7) is 17.4. The van der Waals surface area contributed by atoms with Gasteiger partial charge >= 0.3 is 8.24 Å². The molecule has 0 spiro atoms. The summed E-state index contributed by atoms with van der Waals surface area (Å²) >= 11 is 0. The Hall–Kier alpha value is -4.66. The molecule has 4 nitrogen and oxygen atoms in total. The molecule has 0 fully saturated rings. The van der Waals surface area contributed by atoms with E-state index in [0.717, 1.165) is 76.9 Å². The van der Waals surface area contributed by atoms with Crippen LogP contribution < -0.4 is 4.52 Å². The number of rotatable bonds is 3. The molecule has 5 heteroatoms. The minimum atomic E-state index is -1.99. The molecular formula is C42H41O4P. The highest BCUT2D eigenvalue weighted by molar-refractivity contribution is 7.32. The molecule has 0 amide bonds. The van der Waals surface area contributed by atoms with Gasteiger partial charge in [-0.2, -0.15) is 0 Å². The van der Waals surface area contributed by atoms with Crippen molar-refractivity contribution in [2.24, 2.45) is 0 Å². The van der Waals surface area contributed by atoms with E-state index in [9.17, 15) is 5.11 Å². The van der Waals surface area contributed by atoms with Crippen LogP contribution in [0.3, 0.4) is 0 Å². The zero-order valence-corrected chi connectivity index (χ0v) is 29.3. The molecule has 238 valence electrons. The van der Waals surface area contributed by atoms with Crippen LogP contribution in [0.15, 0.2) is 105 Å². The van der Waals surface area contributed by atoms with Gasteiger partial charge in [-0.1, -0.05) is 114 Å². The third-order valence-electron chi connectivity index (χ3n) is 8.92. The van der Waals surface area contributed by atoms with Crippen molar-refractivity contribution in [2.75, 3.05) is 0 Å². The summed E-state index contributed by atoms with van der Waals surface area (Å²) in [5.74, 6) is 0.846. The van der Waals surface area contributed by atoms with Gasteiger partial charge in [-0.15, -0.1) is 0 Å². The third-order valence-corrected chi connectivity index (χ3v) is 9.93. The van der Waals surface area contributed by atoms with E-state index in [1.807, 2.05) is 30.3 Å². The fraction of sp³-hybridized carbons (Fsp3) is 0.238. The Morgan fingerprint density at radius 2 is 1.21 bits per heavy atom. The molecule has 7 aromatic rings. The molecule has 6 aromatic carbocycles. The Morgan fingerprint density at radius 3 is 1.91 bits per heavy atom. The van der Waals surface area contributed by atoms with E-state index in [-0.39, 0.29) is 16.6 Å². The second-order valence-corrected chi connectivity index (χ2v) is 15.7. The maximum absolute atomic E-state index is 11.4. The Morgan fingerprint density at radius 1 is 0.617 bits per heavy atom. The fourth-order valence-corrected chi connectivity index (χ4v) is 7.78. The minimum absolute atomic E-state index is 0.196. The molecule has 1 heterocycles. The molecule has 47 heavy (non-hydrogen) atoms. The molecule has 1 N–H and O–H groups in total. The van der Waals surface area contributed by atoms with Crippen molar-refractivity contribution in [3.63, 3.8) is 0 Å². The molecule has 0 saturated carbocycles. The van der Waals surface area contributed by atoms with Gasteiger partial charge in [-0.3, -0.25) is 0 Å². The molecule has 0 aliphatic carbocycles. The maximum Gasteiger partial charge on any atom is 0.453 e. The lowest BCUT2D eigenvalue weighted by Crippen LogP contribution is -2.13. The number of fused-ring (bicyclic) bond motifs is 6. The van der Waals surface area contributed by atoms with E-state index in [0.29, 0.717) is 5.75 Å². The molecule has 0 radical (unpaired) electrons. The van der Waals surface area contributed by atoms with Crippen molar-refractivity contribution in [3.05, 3.63) is 119 Å². The average molecular weight is 641 g/mol. The molecule has 0 aliphatic rings. The number of aromatic hydroxyl groups is 1. The van der Waals surface area contributed by atoms with Crippen LogP contribution in [0, 0.1) is 13.8 Å². The van der Waals surface area contributed by atoms with E-state index in [4.69, 9.17) is 12.9 Å². The first-order chi connectivity index (χ1) is 22.3. The van der Waals surface area contributed by atoms with Crippen molar-refractivity contribution >= 4 is 51.7 Å². The van der Waals surface area contributed by atoms with Crippen LogP contribution in [0.5, 0.6) is 11.5 Å². The monoisotopic (exact) mass is 640 g/mol. The summed E-state index contributed by atoms with van der Waals surface area (Å²) in [5, 5.41) is 17.7. The van der Waals surface area contributed by atoms with Crippen LogP contribution in [0.4, 0.5) is 0 Å². The van der Waals surface area contributed by atoms with Crippen LogP contribution in [-0.2, 0) is 10.8 Å². The molecule has 1 unspecified atom stereocenters. The van der Waals surface area contributed by atoms with Gasteiger partial charge in [0.05, 0.1) is 0 Å². The summed E-state index contributed by atoms with van der Waals surface area (Å²) in [5.41, 5.74) is 6.90. The summed E-state index contributed by atoms with van der Waals surface area (Å²) in [6.07, 6.45) is 0. The van der Waals surface area contributed by atoms with Crippen molar-refractivity contribution in [1.29, 1.82) is 0 Å². The lowest BCUT2D eigenvalue weighted by atomic mass is 9.82. The third kappa shape index (κ3) is 5.55. The van der Waals surface area contributed by atoms with Gasteiger partial charge in [0.15, 0.2) is 0 Å². The predicted octanol–water partition coefficient (Wildman–Crippen LogP) is 13.0. The Labute approximate surface area is 277 Å². The van der Waals surface area contributed by atoms with Gasteiger partial charge in [0, 0.05) is 33.0 Å². The second kappa shape index (κ2) is 11.2. The van der Waals surface area contributed by atoms with Crippen LogP contribution >= 0.6 is 8.24 Å². The summed E-state index contributed by atoms with van der Waals surface area (Å²) in [4.78, 5) is 0. The van der Waals surface area contributed by atoms with Gasteiger partial charge in [0.1, 0.15) is 22.7 Å². The van der Waals surface area contributed by atoms with Crippen molar-refractivity contribution in [2.45, 2.75) is 66.2 Å². The zero-order valence-electron chi connectivity index (χ0n) is 28.4. The topological polar surface area (TPSA) is 55.7 Å². The summed E-state index contributed by atoms with van der Waals surface area (Å²) < 4.78 is 20.9. The van der Waals surface area contributed by atoms with Crippen molar-refractivity contribution in [3.8, 4) is 22.6 Å². The quantitative estimate of drug-likeness (QED) is 0.209. The van der Waals surface area contributed by atoms with Gasteiger partial charge in [-0.25, -0.2) is 0 Å². The molecule has 0 saturated heterocycles. The van der Waals surface area contributed by atoms with Crippen molar-refractivity contribution in [1.82, 2.24) is 0 Å². The first-order valence-electron chi connectivity index (χ1n) is 16.2. The van der Waals surface area contributed by atoms with E-state index in [1.165, 1.54) is 0 Å². The first-order valence-corrected chi connectivity index (χ1v) is 17.3. The lowest BCUT2D eigenvalue weighted by Gasteiger charge is -2.25. The Balaban J connectivity index is 1.61. The first kappa shape index (κ1) is 31.0. The number of aryl methyl sites for hydroxylation is 2. The van der Waals surface area contributed by atoms with E-state index < -0.39 is 8.24 Å². The highest BCUT2D eigenvalue weighted by atomic mass is 31.1. The van der Waals surface area contributed by atoms with E-state index >= 15 is 0 Å². The van der Waals surface area contributed by atoms with Gasteiger partial charge in [-0.05, 0) is 81.6 Å². The highest BCUT2D eigenvalue weighted by Crippen LogP contribution is 2.50. The average Bonchev–Trinajstić information content (AvgIpc) is 3.17. The largest absolute Gasteiger partial charge is 0.507 e. The van der Waals surface area contributed by atoms with E-state index in [1.54, 1.807) is 6.07 Å². The summed E-state index contributed by atoms with van der Waals surface area (Å²) in [6, 6.07) is 33.1. The maximum atomic E-state index is 11.4. The molecule has 0 aliphatic heterocycles. The van der Waals surface area contributed by atoms with E-state index in [2.05, 4.69) is 116 Å². The van der Waals surface area contributed by atoms with Crippen molar-refractivity contribution < 1.29 is 18.0 Å². The molecule has 1 atom stereocenters. The Bertz CT molecular complexity index is 2390. The second-order valence-electron chi connectivity index (χ2n) is 14.7. The Kier molecular flexibility index (Phi) is 7.41. The number of phenols is 1. The molecule has 7 rings (SSSR count). The summed E-state index contributed by atoms with van der Waals surface area (Å²) in [7, 11) is -1.99. The van der Waals surface area contributed by atoms with Gasteiger partial charge < -0.3 is 18.0 Å². The minimum Gasteiger partial charge on any atom is -0.507 e. The lowest BCUT2D eigenvalue weighted by molar-refractivity contribution is 0.470. The molecular weight excluding hydrogens is 599 g/mol. The van der Waals surface area contributed by atoms with Gasteiger partial charge in [0.2, 0.25) is 0 Å². The SMILES string of the molecule is Cc1cc(-c2c(O)ccc3ccccc23)c(Op2oc3ccc4ccccc4c3c3cc(C)cc(C(C)(C)C)c3o2)c(C(C)(C)C)c1. The highest BCUT2D eigenvalue weighted by Gasteiger charge is 2.28.